The molecule has 160 valence electrons. The van der Waals surface area contributed by atoms with E-state index < -0.39 is 23.7 Å². The number of amides is 2. The Balaban J connectivity index is 2.13. The minimum absolute atomic E-state index is 0.117. The largest absolute Gasteiger partial charge is 0.427 e. The number of rotatable bonds is 10. The maximum atomic E-state index is 13.1. The van der Waals surface area contributed by atoms with Gasteiger partial charge in [-0.05, 0) is 25.0 Å². The summed E-state index contributed by atoms with van der Waals surface area (Å²) in [6.45, 7) is 2.80. The second-order valence-electron chi connectivity index (χ2n) is 6.68. The number of hydroxylamine groups is 1. The van der Waals surface area contributed by atoms with Gasteiger partial charge in [0.1, 0.15) is 11.9 Å². The van der Waals surface area contributed by atoms with Crippen LogP contribution in [-0.4, -0.2) is 52.4 Å². The molecule has 0 saturated carbocycles. The standard InChI is InChI=1S/C18H26FN5O5/c1-2-3-4-5-13(10-21-29-12-25)18(27)24-15(8-9-20-24)17(26)22-16-7-6-14(19)11-23(16)28/h6-7,11-13,15,20-21,28H,2-5,8-10H2,1H3/t13-,15+/m1/s1. The first-order valence-corrected chi connectivity index (χ1v) is 9.52. The number of carbonyl (C=O) groups excluding carboxylic acids is 3. The fourth-order valence-corrected chi connectivity index (χ4v) is 3.09. The molecule has 0 spiro atoms. The molecule has 2 atom stereocenters. The van der Waals surface area contributed by atoms with Crippen molar-refractivity contribution >= 4 is 18.3 Å². The number of aromatic nitrogens is 1. The Hall–Kier alpha value is -2.79. The smallest absolute Gasteiger partial charge is 0.312 e. The molecule has 0 bridgehead atoms. The minimum atomic E-state index is -0.854. The van der Waals surface area contributed by atoms with Crippen molar-refractivity contribution in [1.29, 1.82) is 0 Å². The Morgan fingerprint density at radius 3 is 2.97 bits per heavy atom. The number of pyridine rings is 1. The summed E-state index contributed by atoms with van der Waals surface area (Å²) in [6.07, 6.45) is 4.44. The summed E-state index contributed by atoms with van der Waals surface area (Å²) >= 11 is 0. The zero-order valence-corrected chi connectivity index (χ0v) is 16.2. The van der Waals surface area contributed by atoms with Crippen LogP contribution in [0.5, 0.6) is 0 Å². The van der Waals surface area contributed by atoms with Crippen LogP contribution in [0.1, 0.15) is 39.0 Å². The van der Waals surface area contributed by atoms with Gasteiger partial charge in [0.25, 0.3) is 5.91 Å². The molecule has 1 aliphatic heterocycles. The molecule has 0 unspecified atom stereocenters. The van der Waals surface area contributed by atoms with Gasteiger partial charge in [-0.1, -0.05) is 26.2 Å². The number of halogens is 1. The molecule has 29 heavy (non-hydrogen) atoms. The normalized spacial score (nSPS) is 17.9. The highest BCUT2D eigenvalue weighted by Gasteiger charge is 2.37. The van der Waals surface area contributed by atoms with Gasteiger partial charge in [-0.3, -0.25) is 19.4 Å². The number of hydrogen-bond donors (Lipinski definition) is 3. The summed E-state index contributed by atoms with van der Waals surface area (Å²) in [5.41, 5.74) is 5.19. The van der Waals surface area contributed by atoms with Gasteiger partial charge in [0.05, 0.1) is 12.1 Å². The highest BCUT2D eigenvalue weighted by Crippen LogP contribution is 2.18. The lowest BCUT2D eigenvalue weighted by Gasteiger charge is -2.26. The third kappa shape index (κ3) is 6.36. The zero-order chi connectivity index (χ0) is 21.2. The first kappa shape index (κ1) is 22.5. The first-order chi connectivity index (χ1) is 14.0. The molecule has 1 fully saturated rings. The maximum Gasteiger partial charge on any atom is 0.312 e. The Bertz CT molecular complexity index is 784. The SMILES string of the molecule is CCCCC[C@H](CNOC=O)C(=O)N1NCC[C@H]1C(=O)N=c1ccc(F)cn1O. The van der Waals surface area contributed by atoms with Gasteiger partial charge >= 0.3 is 6.47 Å². The Kier molecular flexibility index (Phi) is 8.74. The van der Waals surface area contributed by atoms with Crippen LogP contribution in [0.3, 0.4) is 0 Å². The van der Waals surface area contributed by atoms with Crippen molar-refractivity contribution < 1.29 is 28.8 Å². The lowest BCUT2D eigenvalue weighted by molar-refractivity contribution is -0.146. The lowest BCUT2D eigenvalue weighted by Crippen LogP contribution is -2.50. The van der Waals surface area contributed by atoms with E-state index in [1.54, 1.807) is 0 Å². The highest BCUT2D eigenvalue weighted by molar-refractivity contribution is 5.89. The summed E-state index contributed by atoms with van der Waals surface area (Å²) in [5, 5.41) is 10.9. The second-order valence-corrected chi connectivity index (χ2v) is 6.68. The van der Waals surface area contributed by atoms with Crippen molar-refractivity contribution in [3.05, 3.63) is 29.6 Å². The average Bonchev–Trinajstić information content (AvgIpc) is 3.18. The van der Waals surface area contributed by atoms with Crippen molar-refractivity contribution in [2.45, 2.75) is 45.1 Å². The molecule has 2 rings (SSSR count). The van der Waals surface area contributed by atoms with Gasteiger partial charge in [0, 0.05) is 13.1 Å². The van der Waals surface area contributed by atoms with E-state index >= 15 is 0 Å². The average molecular weight is 411 g/mol. The third-order valence-electron chi connectivity index (χ3n) is 4.60. The van der Waals surface area contributed by atoms with Crippen molar-refractivity contribution in [1.82, 2.24) is 20.6 Å². The molecule has 11 heteroatoms. The molecule has 1 aromatic heterocycles. The van der Waals surface area contributed by atoms with Gasteiger partial charge in [-0.25, -0.2) is 9.82 Å². The minimum Gasteiger partial charge on any atom is -0.427 e. The van der Waals surface area contributed by atoms with E-state index in [0.717, 1.165) is 37.6 Å². The van der Waals surface area contributed by atoms with E-state index in [9.17, 15) is 24.0 Å². The van der Waals surface area contributed by atoms with Gasteiger partial charge in [-0.2, -0.15) is 15.2 Å². The monoisotopic (exact) mass is 411 g/mol. The Morgan fingerprint density at radius 1 is 1.48 bits per heavy atom. The van der Waals surface area contributed by atoms with E-state index in [4.69, 9.17) is 0 Å². The molecular weight excluding hydrogens is 385 g/mol. The number of unbranched alkanes of at least 4 members (excludes halogenated alkanes) is 2. The van der Waals surface area contributed by atoms with Crippen molar-refractivity contribution in [3.63, 3.8) is 0 Å². The van der Waals surface area contributed by atoms with Crippen molar-refractivity contribution in [2.75, 3.05) is 13.1 Å². The van der Waals surface area contributed by atoms with Crippen LogP contribution in [-0.2, 0) is 19.2 Å². The third-order valence-corrected chi connectivity index (χ3v) is 4.60. The van der Waals surface area contributed by atoms with Crippen LogP contribution < -0.4 is 16.4 Å². The Labute approximate surface area is 167 Å². The van der Waals surface area contributed by atoms with Crippen LogP contribution in [0.4, 0.5) is 4.39 Å². The van der Waals surface area contributed by atoms with E-state index in [-0.39, 0.29) is 24.4 Å². The van der Waals surface area contributed by atoms with Gasteiger partial charge in [-0.15, -0.1) is 0 Å². The molecule has 1 aromatic rings. The van der Waals surface area contributed by atoms with E-state index in [1.807, 2.05) is 6.92 Å². The van der Waals surface area contributed by atoms with E-state index in [1.165, 1.54) is 5.01 Å². The topological polar surface area (TPSA) is 125 Å². The first-order valence-electron chi connectivity index (χ1n) is 9.52. The summed E-state index contributed by atoms with van der Waals surface area (Å²) < 4.78 is 13.5. The molecule has 0 aromatic carbocycles. The molecular formula is C18H26FN5O5. The lowest BCUT2D eigenvalue weighted by atomic mass is 9.99. The molecule has 1 aliphatic rings. The molecule has 0 aliphatic carbocycles. The van der Waals surface area contributed by atoms with E-state index in [2.05, 4.69) is 20.7 Å². The number of nitrogens with one attached hydrogen (secondary N) is 2. The summed E-state index contributed by atoms with van der Waals surface area (Å²) in [5.74, 6) is -2.14. The van der Waals surface area contributed by atoms with Gasteiger partial charge < -0.3 is 10.0 Å². The van der Waals surface area contributed by atoms with Gasteiger partial charge in [0.2, 0.25) is 5.91 Å². The molecule has 1 saturated heterocycles. The fraction of sp³-hybridized carbons (Fsp3) is 0.556. The molecule has 10 nitrogen and oxygen atoms in total. The number of hydrazine groups is 1. The quantitative estimate of drug-likeness (QED) is 0.218. The summed E-state index contributed by atoms with van der Waals surface area (Å²) in [7, 11) is 0. The van der Waals surface area contributed by atoms with Crippen LogP contribution in [0.25, 0.3) is 0 Å². The molecule has 3 N–H and O–H groups in total. The van der Waals surface area contributed by atoms with E-state index in [0.29, 0.717) is 24.1 Å². The van der Waals surface area contributed by atoms with Crippen molar-refractivity contribution in [3.8, 4) is 0 Å². The van der Waals surface area contributed by atoms with Crippen LogP contribution in [0.2, 0.25) is 0 Å². The number of hydrogen-bond acceptors (Lipinski definition) is 7. The molecule has 2 heterocycles. The summed E-state index contributed by atoms with van der Waals surface area (Å²) in [4.78, 5) is 44.2. The molecule has 0 radical (unpaired) electrons. The zero-order valence-electron chi connectivity index (χ0n) is 16.2. The van der Waals surface area contributed by atoms with Crippen LogP contribution in [0, 0.1) is 11.7 Å². The van der Waals surface area contributed by atoms with Gasteiger partial charge in [0.15, 0.2) is 5.49 Å². The Morgan fingerprint density at radius 2 is 2.28 bits per heavy atom. The summed E-state index contributed by atoms with van der Waals surface area (Å²) in [6, 6.07) is 1.38. The second kappa shape index (κ2) is 11.3. The predicted molar refractivity (Wildman–Crippen MR) is 98.2 cm³/mol. The van der Waals surface area contributed by atoms with Crippen LogP contribution in [0.15, 0.2) is 23.3 Å². The predicted octanol–water partition coefficient (Wildman–Crippen LogP) is 0.271. The fourth-order valence-electron chi connectivity index (χ4n) is 3.09. The number of carbonyl (C=O) groups is 3. The molecule has 2 amide bonds. The van der Waals surface area contributed by atoms with Crippen molar-refractivity contribution in [2.24, 2.45) is 10.9 Å². The highest BCUT2D eigenvalue weighted by atomic mass is 19.1. The van der Waals surface area contributed by atoms with Crippen LogP contribution >= 0.6 is 0 Å². The maximum absolute atomic E-state index is 13.1. The number of nitrogens with zero attached hydrogens (tertiary/aromatic N) is 3.